The fourth-order valence-electron chi connectivity index (χ4n) is 2.00. The lowest BCUT2D eigenvalue weighted by Crippen LogP contribution is -2.02. The van der Waals surface area contributed by atoms with Crippen molar-refractivity contribution in [3.63, 3.8) is 0 Å². The van der Waals surface area contributed by atoms with Gasteiger partial charge in [0, 0.05) is 17.6 Å². The highest BCUT2D eigenvalue weighted by Gasteiger charge is 2.08. The summed E-state index contributed by atoms with van der Waals surface area (Å²) in [6.07, 6.45) is 0.938. The van der Waals surface area contributed by atoms with Crippen LogP contribution < -0.4 is 10.1 Å². The highest BCUT2D eigenvalue weighted by molar-refractivity contribution is 6.31. The summed E-state index contributed by atoms with van der Waals surface area (Å²) in [5.41, 5.74) is 3.20. The Kier molecular flexibility index (Phi) is 4.69. The second-order valence-electron chi connectivity index (χ2n) is 4.28. The highest BCUT2D eigenvalue weighted by atomic mass is 35.5. The zero-order valence-corrected chi connectivity index (χ0v) is 12.0. The maximum atomic E-state index is 6.14. The first-order valence-corrected chi connectivity index (χ1v) is 6.80. The van der Waals surface area contributed by atoms with E-state index in [1.807, 2.05) is 43.4 Å². The summed E-state index contributed by atoms with van der Waals surface area (Å²) in [6, 6.07) is 13.9. The quantitative estimate of drug-likeness (QED) is 0.866. The van der Waals surface area contributed by atoms with E-state index < -0.39 is 0 Å². The van der Waals surface area contributed by atoms with E-state index in [2.05, 4.69) is 18.3 Å². The minimum Gasteiger partial charge on any atom is -0.486 e. The van der Waals surface area contributed by atoms with Crippen molar-refractivity contribution in [3.05, 3.63) is 58.6 Å². The summed E-state index contributed by atoms with van der Waals surface area (Å²) in [5, 5.41) is 3.90. The Morgan fingerprint density at radius 3 is 2.47 bits per heavy atom. The van der Waals surface area contributed by atoms with Gasteiger partial charge in [-0.2, -0.15) is 0 Å². The van der Waals surface area contributed by atoms with E-state index in [1.54, 1.807) is 0 Å². The van der Waals surface area contributed by atoms with E-state index in [4.69, 9.17) is 16.3 Å². The Morgan fingerprint density at radius 2 is 1.79 bits per heavy atom. The maximum Gasteiger partial charge on any atom is 0.146 e. The monoisotopic (exact) mass is 275 g/mol. The third-order valence-corrected chi connectivity index (χ3v) is 3.45. The molecule has 19 heavy (non-hydrogen) atoms. The van der Waals surface area contributed by atoms with Gasteiger partial charge in [0.05, 0.1) is 5.69 Å². The second kappa shape index (κ2) is 6.48. The predicted molar refractivity (Wildman–Crippen MR) is 81.2 cm³/mol. The average molecular weight is 276 g/mol. The van der Waals surface area contributed by atoms with Gasteiger partial charge >= 0.3 is 0 Å². The first-order chi connectivity index (χ1) is 9.26. The smallest absolute Gasteiger partial charge is 0.146 e. The molecule has 0 bridgehead atoms. The summed E-state index contributed by atoms with van der Waals surface area (Å²) < 4.78 is 5.97. The number of nitrogens with one attached hydrogen (secondary N) is 1. The van der Waals surface area contributed by atoms with Gasteiger partial charge in [0.15, 0.2) is 0 Å². The van der Waals surface area contributed by atoms with Gasteiger partial charge in [-0.05, 0) is 24.1 Å². The molecule has 0 saturated carbocycles. The summed E-state index contributed by atoms with van der Waals surface area (Å²) in [4.78, 5) is 0. The van der Waals surface area contributed by atoms with Gasteiger partial charge in [-0.25, -0.2) is 0 Å². The topological polar surface area (TPSA) is 21.3 Å². The van der Waals surface area contributed by atoms with Crippen molar-refractivity contribution in [1.82, 2.24) is 0 Å². The van der Waals surface area contributed by atoms with Gasteiger partial charge in [0.2, 0.25) is 0 Å². The zero-order chi connectivity index (χ0) is 13.7. The van der Waals surface area contributed by atoms with Crippen LogP contribution in [0.25, 0.3) is 0 Å². The number of hydrogen-bond acceptors (Lipinski definition) is 2. The lowest BCUT2D eigenvalue weighted by molar-refractivity contribution is 0.305. The number of benzene rings is 2. The van der Waals surface area contributed by atoms with E-state index in [0.717, 1.165) is 28.4 Å². The molecular formula is C16H18ClNO. The number of halogens is 1. The van der Waals surface area contributed by atoms with Crippen LogP contribution in [0.15, 0.2) is 42.5 Å². The molecule has 1 N–H and O–H groups in total. The molecule has 0 atom stereocenters. The first kappa shape index (κ1) is 13.8. The van der Waals surface area contributed by atoms with Crippen LogP contribution in [0.3, 0.4) is 0 Å². The molecule has 0 spiro atoms. The van der Waals surface area contributed by atoms with Crippen LogP contribution in [0.4, 0.5) is 5.69 Å². The van der Waals surface area contributed by atoms with E-state index in [0.29, 0.717) is 6.61 Å². The second-order valence-corrected chi connectivity index (χ2v) is 4.68. The lowest BCUT2D eigenvalue weighted by Gasteiger charge is -2.15. The number of aryl methyl sites for hydroxylation is 1. The van der Waals surface area contributed by atoms with Gasteiger partial charge < -0.3 is 10.1 Å². The van der Waals surface area contributed by atoms with Crippen LogP contribution >= 0.6 is 11.6 Å². The molecule has 0 fully saturated rings. The third-order valence-electron chi connectivity index (χ3n) is 3.08. The summed E-state index contributed by atoms with van der Waals surface area (Å²) in [7, 11) is 1.90. The molecule has 2 aromatic carbocycles. The molecule has 0 radical (unpaired) electrons. The maximum absolute atomic E-state index is 6.14. The van der Waals surface area contributed by atoms with E-state index in [9.17, 15) is 0 Å². The molecule has 0 aromatic heterocycles. The zero-order valence-electron chi connectivity index (χ0n) is 11.2. The molecule has 0 unspecified atom stereocenters. The Labute approximate surface area is 119 Å². The summed E-state index contributed by atoms with van der Waals surface area (Å²) in [5.74, 6) is 0.910. The Balaban J connectivity index is 2.21. The largest absolute Gasteiger partial charge is 0.486 e. The number of anilines is 1. The van der Waals surface area contributed by atoms with Crippen LogP contribution in [0, 0.1) is 0 Å². The van der Waals surface area contributed by atoms with Crippen LogP contribution in [0.5, 0.6) is 5.75 Å². The number of hydrogen-bond donors (Lipinski definition) is 1. The fraction of sp³-hybridized carbons (Fsp3) is 0.250. The predicted octanol–water partition coefficient (Wildman–Crippen LogP) is 4.52. The van der Waals surface area contributed by atoms with Crippen molar-refractivity contribution in [1.29, 1.82) is 0 Å². The van der Waals surface area contributed by atoms with Crippen LogP contribution in [0.1, 0.15) is 18.1 Å². The Hall–Kier alpha value is -1.67. The fourth-order valence-corrected chi connectivity index (χ4v) is 2.19. The molecule has 0 aliphatic carbocycles. The van der Waals surface area contributed by atoms with Crippen LogP contribution in [0.2, 0.25) is 5.02 Å². The van der Waals surface area contributed by atoms with Gasteiger partial charge in [-0.3, -0.25) is 0 Å². The molecule has 3 heteroatoms. The first-order valence-electron chi connectivity index (χ1n) is 6.42. The normalized spacial score (nSPS) is 10.3. The number of para-hydroxylation sites is 1. The summed E-state index contributed by atoms with van der Waals surface area (Å²) >= 11 is 6.14. The Bertz CT molecular complexity index is 532. The van der Waals surface area contributed by atoms with Gasteiger partial charge in [0.1, 0.15) is 12.4 Å². The van der Waals surface area contributed by atoms with Crippen molar-refractivity contribution < 1.29 is 4.74 Å². The van der Waals surface area contributed by atoms with Gasteiger partial charge in [0.25, 0.3) is 0 Å². The molecule has 0 amide bonds. The molecule has 0 heterocycles. The van der Waals surface area contributed by atoms with E-state index in [-0.39, 0.29) is 0 Å². The van der Waals surface area contributed by atoms with Gasteiger partial charge in [-0.15, -0.1) is 0 Å². The van der Waals surface area contributed by atoms with Crippen molar-refractivity contribution >= 4 is 17.3 Å². The highest BCUT2D eigenvalue weighted by Crippen LogP contribution is 2.30. The van der Waals surface area contributed by atoms with Crippen molar-refractivity contribution in [2.75, 3.05) is 12.4 Å². The molecule has 2 rings (SSSR count). The molecule has 2 aromatic rings. The standard InChI is InChI=1S/C16H18ClNO/c1-3-12-8-6-10-15(18-2)16(12)19-11-13-7-4-5-9-14(13)17/h4-10,18H,3,11H2,1-2H3. The van der Waals surface area contributed by atoms with E-state index in [1.165, 1.54) is 5.56 Å². The number of ether oxygens (including phenoxy) is 1. The minimum atomic E-state index is 0.478. The van der Waals surface area contributed by atoms with Crippen molar-refractivity contribution in [2.24, 2.45) is 0 Å². The average Bonchev–Trinajstić information content (AvgIpc) is 2.46. The summed E-state index contributed by atoms with van der Waals surface area (Å²) in [6.45, 7) is 2.60. The Morgan fingerprint density at radius 1 is 1.05 bits per heavy atom. The number of rotatable bonds is 5. The third kappa shape index (κ3) is 3.21. The molecule has 100 valence electrons. The van der Waals surface area contributed by atoms with Crippen LogP contribution in [-0.2, 0) is 13.0 Å². The SMILES string of the molecule is CCc1cccc(NC)c1OCc1ccccc1Cl. The van der Waals surface area contributed by atoms with Crippen molar-refractivity contribution in [3.8, 4) is 5.75 Å². The van der Waals surface area contributed by atoms with Crippen molar-refractivity contribution in [2.45, 2.75) is 20.0 Å². The van der Waals surface area contributed by atoms with E-state index >= 15 is 0 Å². The minimum absolute atomic E-state index is 0.478. The van der Waals surface area contributed by atoms with Gasteiger partial charge in [-0.1, -0.05) is 48.9 Å². The lowest BCUT2D eigenvalue weighted by atomic mass is 10.1. The van der Waals surface area contributed by atoms with Crippen LogP contribution in [-0.4, -0.2) is 7.05 Å². The molecular weight excluding hydrogens is 258 g/mol. The molecule has 0 aliphatic heterocycles. The molecule has 2 nitrogen and oxygen atoms in total. The molecule has 0 aliphatic rings. The molecule has 0 saturated heterocycles.